The number of rotatable bonds is 5. The highest BCUT2D eigenvalue weighted by Gasteiger charge is 2.30. The Morgan fingerprint density at radius 3 is 2.85 bits per heavy atom. The second-order valence-electron chi connectivity index (χ2n) is 5.01. The number of primary amides is 1. The number of aryl methyl sites for hydroxylation is 1. The van der Waals surface area contributed by atoms with Gasteiger partial charge in [0.2, 0.25) is 5.91 Å². The van der Waals surface area contributed by atoms with Crippen molar-refractivity contribution in [3.8, 4) is 0 Å². The maximum atomic E-state index is 11.5. The molecule has 1 saturated heterocycles. The SMILES string of the molecule is CCCc1cc(C(=O)O)cc(N2CCCC2C(N)=O)n1. The van der Waals surface area contributed by atoms with Gasteiger partial charge in [0.25, 0.3) is 0 Å². The van der Waals surface area contributed by atoms with E-state index >= 15 is 0 Å². The summed E-state index contributed by atoms with van der Waals surface area (Å²) in [6, 6.07) is 2.72. The second-order valence-corrected chi connectivity index (χ2v) is 5.01. The van der Waals surface area contributed by atoms with Crippen LogP contribution in [0.25, 0.3) is 0 Å². The zero-order valence-corrected chi connectivity index (χ0v) is 11.5. The molecule has 0 aromatic carbocycles. The summed E-state index contributed by atoms with van der Waals surface area (Å²) >= 11 is 0. The van der Waals surface area contributed by atoms with Crippen LogP contribution in [-0.4, -0.2) is 34.6 Å². The van der Waals surface area contributed by atoms with Crippen molar-refractivity contribution in [1.29, 1.82) is 0 Å². The van der Waals surface area contributed by atoms with Crippen LogP contribution in [0.2, 0.25) is 0 Å². The van der Waals surface area contributed by atoms with Gasteiger partial charge in [-0.1, -0.05) is 13.3 Å². The van der Waals surface area contributed by atoms with Crippen LogP contribution in [0.15, 0.2) is 12.1 Å². The standard InChI is InChI=1S/C14H19N3O3/c1-2-4-10-7-9(14(19)20)8-12(16-10)17-6-3-5-11(17)13(15)18/h7-8,11H,2-6H2,1H3,(H2,15,18)(H,19,20). The number of carboxylic acid groups (broad SMARTS) is 1. The van der Waals surface area contributed by atoms with Crippen molar-refractivity contribution < 1.29 is 14.7 Å². The minimum Gasteiger partial charge on any atom is -0.478 e. The maximum absolute atomic E-state index is 11.5. The Balaban J connectivity index is 2.39. The molecule has 0 bridgehead atoms. The minimum atomic E-state index is -0.985. The summed E-state index contributed by atoms with van der Waals surface area (Å²) in [6.45, 7) is 2.69. The molecule has 0 aliphatic carbocycles. The molecule has 0 radical (unpaired) electrons. The molecular weight excluding hydrogens is 258 g/mol. The van der Waals surface area contributed by atoms with E-state index in [4.69, 9.17) is 5.73 Å². The molecule has 6 nitrogen and oxygen atoms in total. The molecule has 0 saturated carbocycles. The molecule has 2 rings (SSSR count). The van der Waals surface area contributed by atoms with Crippen molar-refractivity contribution in [3.63, 3.8) is 0 Å². The quantitative estimate of drug-likeness (QED) is 0.842. The molecule has 108 valence electrons. The molecule has 1 aromatic heterocycles. The Kier molecular flexibility index (Phi) is 4.22. The number of carbonyl (C=O) groups is 2. The summed E-state index contributed by atoms with van der Waals surface area (Å²) in [5.41, 5.74) is 6.33. The molecule has 1 atom stereocenters. The summed E-state index contributed by atoms with van der Waals surface area (Å²) in [5.74, 6) is -0.836. The fraction of sp³-hybridized carbons (Fsp3) is 0.500. The van der Waals surface area contributed by atoms with Gasteiger partial charge in [-0.2, -0.15) is 0 Å². The molecule has 1 aliphatic heterocycles. The molecule has 6 heteroatoms. The third kappa shape index (κ3) is 2.89. The van der Waals surface area contributed by atoms with Gasteiger partial charge in [-0.3, -0.25) is 4.79 Å². The molecule has 1 aromatic rings. The normalized spacial score (nSPS) is 18.2. The minimum absolute atomic E-state index is 0.202. The number of anilines is 1. The number of carboxylic acids is 1. The van der Waals surface area contributed by atoms with Crippen molar-refractivity contribution in [3.05, 3.63) is 23.4 Å². The number of nitrogens with two attached hydrogens (primary N) is 1. The van der Waals surface area contributed by atoms with Gasteiger partial charge in [-0.05, 0) is 31.4 Å². The Bertz CT molecular complexity index is 530. The average molecular weight is 277 g/mol. The summed E-state index contributed by atoms with van der Waals surface area (Å²) < 4.78 is 0. The molecule has 3 N–H and O–H groups in total. The Morgan fingerprint density at radius 1 is 1.50 bits per heavy atom. The van der Waals surface area contributed by atoms with Gasteiger partial charge in [0, 0.05) is 12.2 Å². The lowest BCUT2D eigenvalue weighted by molar-refractivity contribution is -0.119. The van der Waals surface area contributed by atoms with Gasteiger partial charge in [0.05, 0.1) is 5.56 Å². The summed E-state index contributed by atoms with van der Waals surface area (Å²) in [4.78, 5) is 28.9. The Hall–Kier alpha value is -2.11. The van der Waals surface area contributed by atoms with Crippen LogP contribution in [0.1, 0.15) is 42.2 Å². The lowest BCUT2D eigenvalue weighted by Crippen LogP contribution is -2.40. The second kappa shape index (κ2) is 5.90. The number of carbonyl (C=O) groups excluding carboxylic acids is 1. The van der Waals surface area contributed by atoms with E-state index in [1.165, 1.54) is 6.07 Å². The number of hydrogen-bond donors (Lipinski definition) is 2. The fourth-order valence-electron chi connectivity index (χ4n) is 2.56. The van der Waals surface area contributed by atoms with E-state index in [1.54, 1.807) is 6.07 Å². The molecule has 1 aliphatic rings. The van der Waals surface area contributed by atoms with Crippen LogP contribution in [0, 0.1) is 0 Å². The predicted octanol–water partition coefficient (Wildman–Crippen LogP) is 1.19. The number of aromatic carboxylic acids is 1. The van der Waals surface area contributed by atoms with Gasteiger partial charge in [-0.25, -0.2) is 9.78 Å². The highest BCUT2D eigenvalue weighted by molar-refractivity contribution is 5.89. The number of hydrogen-bond acceptors (Lipinski definition) is 4. The van der Waals surface area contributed by atoms with E-state index in [2.05, 4.69) is 4.98 Å². The monoisotopic (exact) mass is 277 g/mol. The van der Waals surface area contributed by atoms with Crippen molar-refractivity contribution in [2.24, 2.45) is 5.73 Å². The predicted molar refractivity (Wildman–Crippen MR) is 74.8 cm³/mol. The Labute approximate surface area is 117 Å². The van der Waals surface area contributed by atoms with Crippen LogP contribution in [0.3, 0.4) is 0 Å². The first-order valence-electron chi connectivity index (χ1n) is 6.83. The highest BCUT2D eigenvalue weighted by Crippen LogP contribution is 2.25. The van der Waals surface area contributed by atoms with Gasteiger partial charge < -0.3 is 15.7 Å². The highest BCUT2D eigenvalue weighted by atomic mass is 16.4. The van der Waals surface area contributed by atoms with Gasteiger partial charge in [-0.15, -0.1) is 0 Å². The van der Waals surface area contributed by atoms with E-state index in [-0.39, 0.29) is 17.5 Å². The largest absolute Gasteiger partial charge is 0.478 e. The lowest BCUT2D eigenvalue weighted by Gasteiger charge is -2.24. The first-order chi connectivity index (χ1) is 9.52. The van der Waals surface area contributed by atoms with Crippen molar-refractivity contribution >= 4 is 17.7 Å². The Morgan fingerprint density at radius 2 is 2.25 bits per heavy atom. The van der Waals surface area contributed by atoms with E-state index in [0.717, 1.165) is 18.5 Å². The van der Waals surface area contributed by atoms with E-state index in [9.17, 15) is 14.7 Å². The third-order valence-corrected chi connectivity index (χ3v) is 3.49. The van der Waals surface area contributed by atoms with E-state index in [1.807, 2.05) is 11.8 Å². The maximum Gasteiger partial charge on any atom is 0.335 e. The summed E-state index contributed by atoms with van der Waals surface area (Å²) in [6.07, 6.45) is 3.14. The third-order valence-electron chi connectivity index (χ3n) is 3.49. The first kappa shape index (κ1) is 14.3. The lowest BCUT2D eigenvalue weighted by atomic mass is 10.1. The van der Waals surface area contributed by atoms with Gasteiger partial charge in [0.15, 0.2) is 0 Å². The fourth-order valence-corrected chi connectivity index (χ4v) is 2.56. The molecule has 0 spiro atoms. The van der Waals surface area contributed by atoms with Crippen LogP contribution < -0.4 is 10.6 Å². The number of pyridine rings is 1. The molecule has 1 fully saturated rings. The topological polar surface area (TPSA) is 96.5 Å². The van der Waals surface area contributed by atoms with Crippen molar-refractivity contribution in [1.82, 2.24) is 4.98 Å². The number of aromatic nitrogens is 1. The number of nitrogens with zero attached hydrogens (tertiary/aromatic N) is 2. The van der Waals surface area contributed by atoms with Crippen molar-refractivity contribution in [2.75, 3.05) is 11.4 Å². The summed E-state index contributed by atoms with van der Waals surface area (Å²) in [5, 5.41) is 9.18. The molecular formula is C14H19N3O3. The van der Waals surface area contributed by atoms with Crippen LogP contribution in [0.5, 0.6) is 0 Å². The zero-order chi connectivity index (χ0) is 14.7. The zero-order valence-electron chi connectivity index (χ0n) is 11.5. The average Bonchev–Trinajstić information content (AvgIpc) is 2.88. The van der Waals surface area contributed by atoms with Crippen LogP contribution in [-0.2, 0) is 11.2 Å². The van der Waals surface area contributed by atoms with E-state index < -0.39 is 5.97 Å². The van der Waals surface area contributed by atoms with Crippen LogP contribution in [0.4, 0.5) is 5.82 Å². The molecule has 20 heavy (non-hydrogen) atoms. The molecule has 1 amide bonds. The molecule has 2 heterocycles. The molecule has 1 unspecified atom stereocenters. The summed E-state index contributed by atoms with van der Waals surface area (Å²) in [7, 11) is 0. The number of amides is 1. The smallest absolute Gasteiger partial charge is 0.335 e. The van der Waals surface area contributed by atoms with E-state index in [0.29, 0.717) is 25.2 Å². The van der Waals surface area contributed by atoms with Gasteiger partial charge in [0.1, 0.15) is 11.9 Å². The van der Waals surface area contributed by atoms with Crippen LogP contribution >= 0.6 is 0 Å². The van der Waals surface area contributed by atoms with Gasteiger partial charge >= 0.3 is 5.97 Å². The van der Waals surface area contributed by atoms with Crippen molar-refractivity contribution in [2.45, 2.75) is 38.6 Å². The first-order valence-corrected chi connectivity index (χ1v) is 6.83.